The van der Waals surface area contributed by atoms with Gasteiger partial charge in [0, 0.05) is 5.02 Å². The number of halogens is 2. The first-order valence-corrected chi connectivity index (χ1v) is 8.12. The fourth-order valence-electron chi connectivity index (χ4n) is 1.79. The van der Waals surface area contributed by atoms with Crippen molar-refractivity contribution in [1.29, 1.82) is 0 Å². The van der Waals surface area contributed by atoms with Crippen LogP contribution in [0.1, 0.15) is 10.8 Å². The number of carbonyl (C=O) groups is 1. The molecule has 0 atom stereocenters. The molecule has 23 heavy (non-hydrogen) atoms. The molecular formula is C13H11Cl2N5O2S. The highest BCUT2D eigenvalue weighted by atomic mass is 35.5. The Morgan fingerprint density at radius 1 is 1.39 bits per heavy atom. The van der Waals surface area contributed by atoms with Gasteiger partial charge in [0.1, 0.15) is 10.8 Å². The fraction of sp³-hybridized carbons (Fsp3) is 0.231. The van der Waals surface area contributed by atoms with Gasteiger partial charge >= 0.3 is 0 Å². The molecule has 0 bridgehead atoms. The number of nitrogens with one attached hydrogen (secondary N) is 1. The van der Waals surface area contributed by atoms with Gasteiger partial charge in [0.25, 0.3) is 5.91 Å². The van der Waals surface area contributed by atoms with Gasteiger partial charge in [-0.2, -0.15) is 9.61 Å². The van der Waals surface area contributed by atoms with Gasteiger partial charge in [-0.05, 0) is 25.1 Å². The van der Waals surface area contributed by atoms with E-state index in [1.165, 1.54) is 11.3 Å². The summed E-state index contributed by atoms with van der Waals surface area (Å²) in [6, 6.07) is 4.81. The van der Waals surface area contributed by atoms with E-state index in [1.807, 2.05) is 6.92 Å². The van der Waals surface area contributed by atoms with Crippen LogP contribution < -0.4 is 10.1 Å². The SMILES string of the molecule is Cc1nnc2sc(CNC(=O)COc3ccc(Cl)cc3Cl)nn12. The van der Waals surface area contributed by atoms with Crippen molar-refractivity contribution in [1.82, 2.24) is 25.1 Å². The molecule has 120 valence electrons. The minimum absolute atomic E-state index is 0.148. The van der Waals surface area contributed by atoms with Gasteiger partial charge in [0.15, 0.2) is 12.4 Å². The van der Waals surface area contributed by atoms with Crippen molar-refractivity contribution in [3.05, 3.63) is 39.1 Å². The van der Waals surface area contributed by atoms with E-state index in [-0.39, 0.29) is 12.5 Å². The normalized spacial score (nSPS) is 10.9. The quantitative estimate of drug-likeness (QED) is 0.744. The Morgan fingerprint density at radius 2 is 2.22 bits per heavy atom. The number of amides is 1. The van der Waals surface area contributed by atoms with Gasteiger partial charge < -0.3 is 10.1 Å². The molecule has 0 saturated carbocycles. The van der Waals surface area contributed by atoms with Crippen LogP contribution in [0.3, 0.4) is 0 Å². The van der Waals surface area contributed by atoms with Crippen molar-refractivity contribution in [3.8, 4) is 5.75 Å². The van der Waals surface area contributed by atoms with Gasteiger partial charge in [-0.3, -0.25) is 4.79 Å². The largest absolute Gasteiger partial charge is 0.482 e. The van der Waals surface area contributed by atoms with Gasteiger partial charge in [-0.15, -0.1) is 10.2 Å². The lowest BCUT2D eigenvalue weighted by molar-refractivity contribution is -0.123. The Balaban J connectivity index is 1.53. The van der Waals surface area contributed by atoms with E-state index >= 15 is 0 Å². The second-order valence-electron chi connectivity index (χ2n) is 4.58. The molecule has 2 heterocycles. The number of ether oxygens (including phenoxy) is 1. The van der Waals surface area contributed by atoms with E-state index in [2.05, 4.69) is 20.6 Å². The van der Waals surface area contributed by atoms with Crippen molar-refractivity contribution >= 4 is 45.4 Å². The zero-order chi connectivity index (χ0) is 16.4. The van der Waals surface area contributed by atoms with Crippen LogP contribution in [0.2, 0.25) is 10.0 Å². The number of carbonyl (C=O) groups excluding carboxylic acids is 1. The van der Waals surface area contributed by atoms with Gasteiger partial charge in [-0.1, -0.05) is 34.5 Å². The first kappa shape index (κ1) is 16.0. The van der Waals surface area contributed by atoms with E-state index in [0.717, 1.165) is 5.01 Å². The van der Waals surface area contributed by atoms with Crippen molar-refractivity contribution in [3.63, 3.8) is 0 Å². The number of nitrogens with zero attached hydrogens (tertiary/aromatic N) is 4. The molecule has 1 amide bonds. The minimum atomic E-state index is -0.279. The minimum Gasteiger partial charge on any atom is -0.482 e. The molecule has 1 aromatic carbocycles. The Morgan fingerprint density at radius 3 is 2.96 bits per heavy atom. The maximum Gasteiger partial charge on any atom is 0.258 e. The Bertz CT molecular complexity index is 863. The highest BCUT2D eigenvalue weighted by Crippen LogP contribution is 2.27. The summed E-state index contributed by atoms with van der Waals surface area (Å²) in [5.41, 5.74) is 0. The van der Waals surface area contributed by atoms with Crippen LogP contribution in [0.25, 0.3) is 4.96 Å². The van der Waals surface area contributed by atoms with E-state index in [9.17, 15) is 4.79 Å². The number of benzene rings is 1. The molecule has 0 aliphatic heterocycles. The van der Waals surface area contributed by atoms with Gasteiger partial charge in [0.2, 0.25) is 4.96 Å². The first-order valence-electron chi connectivity index (χ1n) is 6.55. The molecule has 0 aliphatic carbocycles. The lowest BCUT2D eigenvalue weighted by Gasteiger charge is -2.08. The third kappa shape index (κ3) is 3.72. The fourth-order valence-corrected chi connectivity index (χ4v) is 3.07. The Hall–Kier alpha value is -1.90. The van der Waals surface area contributed by atoms with Gasteiger partial charge in [-0.25, -0.2) is 0 Å². The molecule has 0 unspecified atom stereocenters. The highest BCUT2D eigenvalue weighted by Gasteiger charge is 2.10. The number of aryl methyl sites for hydroxylation is 1. The summed E-state index contributed by atoms with van der Waals surface area (Å²) in [6.07, 6.45) is 0. The third-order valence-electron chi connectivity index (χ3n) is 2.88. The predicted octanol–water partition coefficient (Wildman–Crippen LogP) is 2.50. The van der Waals surface area contributed by atoms with E-state index in [0.29, 0.717) is 33.1 Å². The third-order valence-corrected chi connectivity index (χ3v) is 4.31. The summed E-state index contributed by atoms with van der Waals surface area (Å²) in [6.45, 7) is 1.96. The molecule has 0 radical (unpaired) electrons. The summed E-state index contributed by atoms with van der Waals surface area (Å²) in [5, 5.41) is 16.5. The van der Waals surface area contributed by atoms with Crippen LogP contribution in [0.5, 0.6) is 5.75 Å². The van der Waals surface area contributed by atoms with Crippen LogP contribution in [0.15, 0.2) is 18.2 Å². The molecule has 0 saturated heterocycles. The Labute approximate surface area is 145 Å². The average molecular weight is 372 g/mol. The number of fused-ring (bicyclic) bond motifs is 1. The summed E-state index contributed by atoms with van der Waals surface area (Å²) >= 11 is 13.1. The van der Waals surface area contributed by atoms with Crippen LogP contribution >= 0.6 is 34.5 Å². The second-order valence-corrected chi connectivity index (χ2v) is 6.46. The van der Waals surface area contributed by atoms with Crippen LogP contribution in [0.4, 0.5) is 0 Å². The molecular weight excluding hydrogens is 361 g/mol. The lowest BCUT2D eigenvalue weighted by atomic mass is 10.3. The predicted molar refractivity (Wildman–Crippen MR) is 87.2 cm³/mol. The Kier molecular flexibility index (Phi) is 4.65. The van der Waals surface area contributed by atoms with Crippen LogP contribution in [0, 0.1) is 6.92 Å². The second kappa shape index (κ2) is 6.69. The summed E-state index contributed by atoms with van der Waals surface area (Å²) in [4.78, 5) is 12.5. The molecule has 1 N–H and O–H groups in total. The monoisotopic (exact) mass is 371 g/mol. The first-order chi connectivity index (χ1) is 11.0. The summed E-state index contributed by atoms with van der Waals surface area (Å²) < 4.78 is 6.99. The number of hydrogen-bond acceptors (Lipinski definition) is 6. The van der Waals surface area contributed by atoms with Crippen LogP contribution in [-0.2, 0) is 11.3 Å². The molecule has 3 rings (SSSR count). The molecule has 0 fully saturated rings. The molecule has 0 spiro atoms. The van der Waals surface area contributed by atoms with Crippen LogP contribution in [-0.4, -0.2) is 32.3 Å². The van der Waals surface area contributed by atoms with Crippen molar-refractivity contribution in [2.75, 3.05) is 6.61 Å². The smallest absolute Gasteiger partial charge is 0.258 e. The van der Waals surface area contributed by atoms with Crippen molar-refractivity contribution in [2.24, 2.45) is 0 Å². The molecule has 2 aromatic heterocycles. The average Bonchev–Trinajstić information content (AvgIpc) is 3.06. The number of aromatic nitrogens is 4. The molecule has 0 aliphatic rings. The zero-order valence-electron chi connectivity index (χ0n) is 11.9. The number of rotatable bonds is 5. The zero-order valence-corrected chi connectivity index (χ0v) is 14.2. The van der Waals surface area contributed by atoms with Crippen molar-refractivity contribution < 1.29 is 9.53 Å². The van der Waals surface area contributed by atoms with Crippen molar-refractivity contribution in [2.45, 2.75) is 13.5 Å². The standard InChI is InChI=1S/C13H11Cl2N5O2S/c1-7-17-18-13-20(7)19-12(23-13)5-16-11(21)6-22-10-3-2-8(14)4-9(10)15/h2-4H,5-6H2,1H3,(H,16,21). The summed E-state index contributed by atoms with van der Waals surface area (Å²) in [5.74, 6) is 0.828. The van der Waals surface area contributed by atoms with E-state index in [1.54, 1.807) is 22.7 Å². The highest BCUT2D eigenvalue weighted by molar-refractivity contribution is 7.16. The maximum atomic E-state index is 11.8. The summed E-state index contributed by atoms with van der Waals surface area (Å²) in [7, 11) is 0. The lowest BCUT2D eigenvalue weighted by Crippen LogP contribution is -2.28. The molecule has 10 heteroatoms. The topological polar surface area (TPSA) is 81.4 Å². The maximum absolute atomic E-state index is 11.8. The van der Waals surface area contributed by atoms with Gasteiger partial charge in [0.05, 0.1) is 11.6 Å². The number of hydrogen-bond donors (Lipinski definition) is 1. The molecule has 7 nitrogen and oxygen atoms in total. The van der Waals surface area contributed by atoms with E-state index < -0.39 is 0 Å². The van der Waals surface area contributed by atoms with E-state index in [4.69, 9.17) is 27.9 Å². The molecule has 3 aromatic rings.